The molecule has 0 aromatic heterocycles. The van der Waals surface area contributed by atoms with Crippen molar-refractivity contribution in [3.05, 3.63) is 66.7 Å². The first-order chi connectivity index (χ1) is 9.33. The van der Waals surface area contributed by atoms with E-state index in [4.69, 9.17) is 0 Å². The number of hydrogen-bond acceptors (Lipinski definition) is 0. The van der Waals surface area contributed by atoms with Crippen LogP contribution in [0, 0.1) is 0 Å². The van der Waals surface area contributed by atoms with Crippen molar-refractivity contribution in [2.24, 2.45) is 0 Å². The summed E-state index contributed by atoms with van der Waals surface area (Å²) < 4.78 is 0. The standard InChI is InChI=1S/C18H13B.Li.H/c19-17-7-3-6-12-8-9-15-10-13-4-1-2-5-14(13)11-16(15)18(12)17;;/h1-11H,19H2;;. The van der Waals surface area contributed by atoms with Gasteiger partial charge in [0.25, 0.3) is 0 Å². The summed E-state index contributed by atoms with van der Waals surface area (Å²) in [6.45, 7) is 0. The molecule has 0 bridgehead atoms. The van der Waals surface area contributed by atoms with E-state index in [-0.39, 0.29) is 18.9 Å². The summed E-state index contributed by atoms with van der Waals surface area (Å²) in [5, 5.41) is 8.00. The van der Waals surface area contributed by atoms with E-state index in [1.165, 1.54) is 37.8 Å². The van der Waals surface area contributed by atoms with E-state index < -0.39 is 0 Å². The molecule has 0 radical (unpaired) electrons. The number of benzene rings is 4. The Labute approximate surface area is 131 Å². The Hall–Kier alpha value is -1.68. The summed E-state index contributed by atoms with van der Waals surface area (Å²) in [5.41, 5.74) is 1.35. The van der Waals surface area contributed by atoms with Crippen LogP contribution in [-0.2, 0) is 0 Å². The van der Waals surface area contributed by atoms with Crippen LogP contribution < -0.4 is 5.46 Å². The number of hydrogen-bond donors (Lipinski definition) is 0. The minimum absolute atomic E-state index is 0. The van der Waals surface area contributed by atoms with Gasteiger partial charge in [-0.05, 0) is 44.5 Å². The molecule has 0 spiro atoms. The first kappa shape index (κ1) is 13.3. The van der Waals surface area contributed by atoms with Gasteiger partial charge in [0.2, 0.25) is 0 Å². The zero-order chi connectivity index (χ0) is 12.8. The summed E-state index contributed by atoms with van der Waals surface area (Å²) in [6.07, 6.45) is 0. The van der Waals surface area contributed by atoms with E-state index in [0.717, 1.165) is 0 Å². The third kappa shape index (κ3) is 1.95. The maximum atomic E-state index is 2.32. The van der Waals surface area contributed by atoms with Crippen molar-refractivity contribution in [1.29, 1.82) is 0 Å². The molecule has 0 aliphatic rings. The summed E-state index contributed by atoms with van der Waals surface area (Å²) >= 11 is 0. The first-order valence-corrected chi connectivity index (χ1v) is 6.64. The van der Waals surface area contributed by atoms with Gasteiger partial charge in [0, 0.05) is 0 Å². The monoisotopic (exact) mass is 248 g/mol. The average Bonchev–Trinajstić information content (AvgIpc) is 2.45. The van der Waals surface area contributed by atoms with Gasteiger partial charge in [-0.2, -0.15) is 0 Å². The molecular weight excluding hydrogens is 234 g/mol. The molecule has 20 heavy (non-hydrogen) atoms. The van der Waals surface area contributed by atoms with Crippen LogP contribution in [0.3, 0.4) is 0 Å². The Morgan fingerprint density at radius 3 is 2.05 bits per heavy atom. The van der Waals surface area contributed by atoms with Gasteiger partial charge in [-0.25, -0.2) is 0 Å². The molecule has 0 amide bonds. The van der Waals surface area contributed by atoms with Gasteiger partial charge in [-0.15, -0.1) is 0 Å². The Kier molecular flexibility index (Phi) is 3.34. The molecule has 0 N–H and O–H groups in total. The van der Waals surface area contributed by atoms with Crippen LogP contribution >= 0.6 is 0 Å². The van der Waals surface area contributed by atoms with Gasteiger partial charge in [0.15, 0.2) is 0 Å². The van der Waals surface area contributed by atoms with Crippen LogP contribution in [0.15, 0.2) is 66.7 Å². The molecule has 4 aromatic rings. The van der Waals surface area contributed by atoms with Gasteiger partial charge >= 0.3 is 18.9 Å². The second kappa shape index (κ2) is 5.02. The van der Waals surface area contributed by atoms with E-state index in [1.807, 2.05) is 0 Å². The summed E-state index contributed by atoms with van der Waals surface area (Å²) in [4.78, 5) is 0. The normalized spacial score (nSPS) is 10.8. The third-order valence-electron chi connectivity index (χ3n) is 3.93. The molecular formula is C18H14BLi. The van der Waals surface area contributed by atoms with Gasteiger partial charge in [0.1, 0.15) is 7.85 Å². The van der Waals surface area contributed by atoms with Crippen LogP contribution in [0.2, 0.25) is 0 Å². The number of fused-ring (bicyclic) bond motifs is 4. The summed E-state index contributed by atoms with van der Waals surface area (Å²) in [6, 6.07) is 24.1. The average molecular weight is 248 g/mol. The zero-order valence-electron chi connectivity index (χ0n) is 10.9. The van der Waals surface area contributed by atoms with E-state index in [0.29, 0.717) is 0 Å². The van der Waals surface area contributed by atoms with Crippen LogP contribution in [0.25, 0.3) is 32.3 Å². The van der Waals surface area contributed by atoms with Crippen molar-refractivity contribution in [3.8, 4) is 0 Å². The fourth-order valence-corrected chi connectivity index (χ4v) is 2.99. The molecule has 4 rings (SSSR count). The molecule has 0 atom stereocenters. The van der Waals surface area contributed by atoms with Crippen molar-refractivity contribution in [2.75, 3.05) is 0 Å². The second-order valence-corrected chi connectivity index (χ2v) is 5.16. The molecule has 0 nitrogen and oxygen atoms in total. The van der Waals surface area contributed by atoms with Gasteiger partial charge in [-0.1, -0.05) is 60.1 Å². The molecule has 0 aliphatic carbocycles. The van der Waals surface area contributed by atoms with Crippen molar-refractivity contribution in [2.45, 2.75) is 0 Å². The fourth-order valence-electron chi connectivity index (χ4n) is 2.99. The van der Waals surface area contributed by atoms with E-state index in [9.17, 15) is 0 Å². The third-order valence-corrected chi connectivity index (χ3v) is 3.93. The molecule has 4 aromatic carbocycles. The summed E-state index contributed by atoms with van der Waals surface area (Å²) in [7, 11) is 2.19. The van der Waals surface area contributed by atoms with E-state index >= 15 is 0 Å². The summed E-state index contributed by atoms with van der Waals surface area (Å²) in [5.74, 6) is 0. The Balaban J connectivity index is 0.00000121. The Morgan fingerprint density at radius 2 is 1.25 bits per heavy atom. The van der Waals surface area contributed by atoms with Gasteiger partial charge in [-0.3, -0.25) is 0 Å². The van der Waals surface area contributed by atoms with Crippen molar-refractivity contribution in [3.63, 3.8) is 0 Å². The van der Waals surface area contributed by atoms with Crippen LogP contribution in [0.1, 0.15) is 0 Å². The van der Waals surface area contributed by atoms with Crippen molar-refractivity contribution in [1.82, 2.24) is 0 Å². The van der Waals surface area contributed by atoms with Gasteiger partial charge in [0.05, 0.1) is 0 Å². The minimum atomic E-state index is 0. The molecule has 0 saturated carbocycles. The predicted molar refractivity (Wildman–Crippen MR) is 94.3 cm³/mol. The molecule has 0 aliphatic heterocycles. The van der Waals surface area contributed by atoms with Crippen LogP contribution in [-0.4, -0.2) is 26.7 Å². The number of rotatable bonds is 0. The second-order valence-electron chi connectivity index (χ2n) is 5.16. The molecule has 2 heteroatoms. The predicted octanol–water partition coefficient (Wildman–Crippen LogP) is 2.76. The molecule has 0 heterocycles. The van der Waals surface area contributed by atoms with Gasteiger partial charge < -0.3 is 0 Å². The van der Waals surface area contributed by atoms with Crippen molar-refractivity contribution < 1.29 is 0 Å². The molecule has 0 fully saturated rings. The van der Waals surface area contributed by atoms with Crippen LogP contribution in [0.5, 0.6) is 0 Å². The molecule has 90 valence electrons. The topological polar surface area (TPSA) is 0 Å². The quantitative estimate of drug-likeness (QED) is 0.255. The fraction of sp³-hybridized carbons (Fsp3) is 0. The first-order valence-electron chi connectivity index (χ1n) is 6.64. The Bertz CT molecular complexity index is 928. The van der Waals surface area contributed by atoms with Crippen LogP contribution in [0.4, 0.5) is 0 Å². The zero-order valence-corrected chi connectivity index (χ0v) is 10.9. The SMILES string of the molecule is Bc1cccc2ccc3cc4ccccc4cc3c12.[LiH]. The van der Waals surface area contributed by atoms with E-state index in [1.54, 1.807) is 0 Å². The molecule has 0 saturated heterocycles. The maximum absolute atomic E-state index is 2.32. The molecule has 0 unspecified atom stereocenters. The Morgan fingerprint density at radius 1 is 0.600 bits per heavy atom. The van der Waals surface area contributed by atoms with Crippen molar-refractivity contribution >= 4 is 64.5 Å². The van der Waals surface area contributed by atoms with E-state index in [2.05, 4.69) is 74.6 Å².